The molecular weight excluding hydrogens is 262 g/mol. The number of methoxy groups -OCH3 is 1. The number of ether oxygens (including phenoxy) is 1. The topological polar surface area (TPSA) is 39.1 Å². The van der Waals surface area contributed by atoms with E-state index in [4.69, 9.17) is 4.74 Å². The van der Waals surface area contributed by atoms with Gasteiger partial charge in [0.2, 0.25) is 0 Å². The summed E-state index contributed by atoms with van der Waals surface area (Å²) in [7, 11) is 3.70. The normalized spacial score (nSPS) is 18.5. The molecule has 3 rings (SSSR count). The molecule has 4 heteroatoms. The molecule has 1 aliphatic rings. The third-order valence-corrected chi connectivity index (χ3v) is 4.47. The quantitative estimate of drug-likeness (QED) is 0.918. The number of hydrogen-bond donors (Lipinski definition) is 1. The molecule has 0 aliphatic heterocycles. The molecule has 0 saturated heterocycles. The molecule has 0 fully saturated rings. The summed E-state index contributed by atoms with van der Waals surface area (Å²) in [6, 6.07) is 9.02. The van der Waals surface area contributed by atoms with Crippen LogP contribution < -0.4 is 10.1 Å². The van der Waals surface area contributed by atoms with Gasteiger partial charge in [-0.15, -0.1) is 0 Å². The fourth-order valence-electron chi connectivity index (χ4n) is 3.52. The monoisotopic (exact) mass is 285 g/mol. The maximum atomic E-state index is 5.52. The van der Waals surface area contributed by atoms with E-state index in [1.807, 2.05) is 11.7 Å². The molecule has 21 heavy (non-hydrogen) atoms. The molecule has 0 saturated carbocycles. The van der Waals surface area contributed by atoms with Gasteiger partial charge in [0, 0.05) is 13.0 Å². The Morgan fingerprint density at radius 3 is 3.00 bits per heavy atom. The van der Waals surface area contributed by atoms with Gasteiger partial charge in [0.25, 0.3) is 0 Å². The van der Waals surface area contributed by atoms with Crippen molar-refractivity contribution in [1.82, 2.24) is 15.1 Å². The van der Waals surface area contributed by atoms with E-state index < -0.39 is 0 Å². The van der Waals surface area contributed by atoms with Gasteiger partial charge < -0.3 is 10.1 Å². The van der Waals surface area contributed by atoms with E-state index in [-0.39, 0.29) is 6.04 Å². The molecule has 1 aromatic carbocycles. The van der Waals surface area contributed by atoms with Crippen LogP contribution in [-0.4, -0.2) is 23.4 Å². The lowest BCUT2D eigenvalue weighted by Gasteiger charge is -2.26. The van der Waals surface area contributed by atoms with Crippen LogP contribution in [0.1, 0.15) is 42.1 Å². The molecule has 4 nitrogen and oxygen atoms in total. The number of hydrogen-bond acceptors (Lipinski definition) is 3. The van der Waals surface area contributed by atoms with Crippen LogP contribution in [0, 0.1) is 0 Å². The summed E-state index contributed by atoms with van der Waals surface area (Å²) < 4.78 is 7.46. The minimum absolute atomic E-state index is 0.237. The van der Waals surface area contributed by atoms with Crippen molar-refractivity contribution in [1.29, 1.82) is 0 Å². The zero-order valence-corrected chi connectivity index (χ0v) is 13.0. The molecule has 0 radical (unpaired) electrons. The molecule has 0 spiro atoms. The first-order valence-electron chi connectivity index (χ1n) is 7.63. The Balaban J connectivity index is 2.01. The molecule has 0 bridgehead atoms. The molecule has 1 aromatic heterocycles. The predicted octanol–water partition coefficient (Wildman–Crippen LogP) is 2.81. The Labute approximate surface area is 126 Å². The summed E-state index contributed by atoms with van der Waals surface area (Å²) >= 11 is 0. The number of aromatic nitrogens is 2. The van der Waals surface area contributed by atoms with E-state index in [0.29, 0.717) is 5.92 Å². The van der Waals surface area contributed by atoms with E-state index in [1.54, 1.807) is 13.3 Å². The minimum atomic E-state index is 0.237. The van der Waals surface area contributed by atoms with E-state index in [1.165, 1.54) is 17.5 Å². The van der Waals surface area contributed by atoms with E-state index in [9.17, 15) is 0 Å². The van der Waals surface area contributed by atoms with E-state index in [0.717, 1.165) is 24.4 Å². The van der Waals surface area contributed by atoms with Crippen molar-refractivity contribution >= 4 is 0 Å². The van der Waals surface area contributed by atoms with Crippen LogP contribution >= 0.6 is 0 Å². The molecular formula is C17H23N3O. The van der Waals surface area contributed by atoms with Crippen molar-refractivity contribution < 1.29 is 4.74 Å². The summed E-state index contributed by atoms with van der Waals surface area (Å²) in [4.78, 5) is 0. The van der Waals surface area contributed by atoms with Gasteiger partial charge in [-0.3, -0.25) is 4.68 Å². The fraction of sp³-hybridized carbons (Fsp3) is 0.471. The SMILES string of the molecule is CCNC(c1c(OC)cnn1C)C1CCc2ccccc21. The van der Waals surface area contributed by atoms with Gasteiger partial charge in [-0.05, 0) is 30.5 Å². The van der Waals surface area contributed by atoms with Crippen molar-refractivity contribution in [3.05, 3.63) is 47.3 Å². The third kappa shape index (κ3) is 2.44. The lowest BCUT2D eigenvalue weighted by molar-refractivity contribution is 0.375. The number of nitrogens with one attached hydrogen (secondary N) is 1. The highest BCUT2D eigenvalue weighted by Crippen LogP contribution is 2.43. The largest absolute Gasteiger partial charge is 0.493 e. The van der Waals surface area contributed by atoms with E-state index >= 15 is 0 Å². The summed E-state index contributed by atoms with van der Waals surface area (Å²) in [5, 5.41) is 8.01. The van der Waals surface area contributed by atoms with Crippen molar-refractivity contribution in [3.63, 3.8) is 0 Å². The highest BCUT2D eigenvalue weighted by Gasteiger charge is 2.33. The molecule has 1 N–H and O–H groups in total. The zero-order chi connectivity index (χ0) is 14.8. The number of likely N-dealkylation sites (N-methyl/N-ethyl adjacent to an activating group) is 1. The Bertz CT molecular complexity index is 620. The molecule has 0 amide bonds. The minimum Gasteiger partial charge on any atom is -0.493 e. The zero-order valence-electron chi connectivity index (χ0n) is 13.0. The summed E-state index contributed by atoms with van der Waals surface area (Å²) in [6.45, 7) is 3.08. The Hall–Kier alpha value is -1.81. The maximum Gasteiger partial charge on any atom is 0.161 e. The second-order valence-electron chi connectivity index (χ2n) is 5.60. The summed E-state index contributed by atoms with van der Waals surface area (Å²) in [5.41, 5.74) is 4.08. The van der Waals surface area contributed by atoms with Crippen LogP contribution in [0.4, 0.5) is 0 Å². The van der Waals surface area contributed by atoms with Gasteiger partial charge in [-0.2, -0.15) is 5.10 Å². The highest BCUT2D eigenvalue weighted by atomic mass is 16.5. The van der Waals surface area contributed by atoms with Crippen LogP contribution in [0.15, 0.2) is 30.5 Å². The molecule has 2 aromatic rings. The van der Waals surface area contributed by atoms with Crippen molar-refractivity contribution in [3.8, 4) is 5.75 Å². The Kier molecular flexibility index (Phi) is 3.97. The average molecular weight is 285 g/mol. The highest BCUT2D eigenvalue weighted by molar-refractivity contribution is 5.39. The first kappa shape index (κ1) is 14.1. The number of rotatable bonds is 5. The predicted molar refractivity (Wildman–Crippen MR) is 83.7 cm³/mol. The second-order valence-corrected chi connectivity index (χ2v) is 5.60. The molecule has 2 atom stereocenters. The van der Waals surface area contributed by atoms with Crippen molar-refractivity contribution in [2.75, 3.05) is 13.7 Å². The number of aryl methyl sites for hydroxylation is 2. The first-order chi connectivity index (χ1) is 10.3. The lowest BCUT2D eigenvalue weighted by Crippen LogP contribution is -2.28. The first-order valence-corrected chi connectivity index (χ1v) is 7.63. The van der Waals surface area contributed by atoms with Gasteiger partial charge in [-0.25, -0.2) is 0 Å². The molecule has 112 valence electrons. The van der Waals surface area contributed by atoms with Gasteiger partial charge in [0.1, 0.15) is 0 Å². The van der Waals surface area contributed by atoms with E-state index in [2.05, 4.69) is 41.6 Å². The van der Waals surface area contributed by atoms with Crippen molar-refractivity contribution in [2.45, 2.75) is 31.7 Å². The average Bonchev–Trinajstić information content (AvgIpc) is 3.09. The van der Waals surface area contributed by atoms with Gasteiger partial charge >= 0.3 is 0 Å². The maximum absolute atomic E-state index is 5.52. The van der Waals surface area contributed by atoms with Crippen LogP contribution in [0.5, 0.6) is 5.75 Å². The van der Waals surface area contributed by atoms with Gasteiger partial charge in [-0.1, -0.05) is 31.2 Å². The molecule has 2 unspecified atom stereocenters. The smallest absolute Gasteiger partial charge is 0.161 e. The standard InChI is InChI=1S/C17H23N3O/c1-4-18-16(17-15(21-3)11-19-20(17)2)14-10-9-12-7-5-6-8-13(12)14/h5-8,11,14,16,18H,4,9-10H2,1-3H3. The number of benzene rings is 1. The number of nitrogens with zero attached hydrogens (tertiary/aromatic N) is 2. The molecule has 1 heterocycles. The lowest BCUT2D eigenvalue weighted by atomic mass is 9.90. The number of fused-ring (bicyclic) bond motifs is 1. The Morgan fingerprint density at radius 2 is 2.24 bits per heavy atom. The van der Waals surface area contributed by atoms with Crippen molar-refractivity contribution in [2.24, 2.45) is 7.05 Å². The third-order valence-electron chi connectivity index (χ3n) is 4.47. The van der Waals surface area contributed by atoms with Gasteiger partial charge in [0.05, 0.1) is 25.0 Å². The van der Waals surface area contributed by atoms with Crippen LogP contribution in [0.25, 0.3) is 0 Å². The second kappa shape index (κ2) is 5.90. The van der Waals surface area contributed by atoms with Gasteiger partial charge in [0.15, 0.2) is 5.75 Å². The van der Waals surface area contributed by atoms with Crippen LogP contribution in [-0.2, 0) is 13.5 Å². The van der Waals surface area contributed by atoms with Crippen LogP contribution in [0.3, 0.4) is 0 Å². The fourth-order valence-corrected chi connectivity index (χ4v) is 3.52. The summed E-state index contributed by atoms with van der Waals surface area (Å²) in [6.07, 6.45) is 4.13. The molecule has 1 aliphatic carbocycles. The Morgan fingerprint density at radius 1 is 1.43 bits per heavy atom. The van der Waals surface area contributed by atoms with Crippen LogP contribution in [0.2, 0.25) is 0 Å². The summed E-state index contributed by atoms with van der Waals surface area (Å²) in [5.74, 6) is 1.35.